The third-order valence-corrected chi connectivity index (χ3v) is 8.84. The van der Waals surface area contributed by atoms with E-state index in [9.17, 15) is 9.18 Å². The lowest BCUT2D eigenvalue weighted by Crippen LogP contribution is -2.59. The van der Waals surface area contributed by atoms with E-state index in [1.165, 1.54) is 6.07 Å². The predicted molar refractivity (Wildman–Crippen MR) is 147 cm³/mol. The first-order valence-corrected chi connectivity index (χ1v) is 14.0. The Morgan fingerprint density at radius 3 is 2.68 bits per heavy atom. The zero-order valence-electron chi connectivity index (χ0n) is 21.1. The molecule has 0 saturated carbocycles. The molecule has 2 fully saturated rings. The van der Waals surface area contributed by atoms with Gasteiger partial charge in [-0.3, -0.25) is 9.69 Å². The first-order valence-electron chi connectivity index (χ1n) is 12.8. The molecule has 1 N–H and O–H groups in total. The van der Waals surface area contributed by atoms with Gasteiger partial charge in [0.25, 0.3) is 0 Å². The summed E-state index contributed by atoms with van der Waals surface area (Å²) in [5.74, 6) is -0.616. The Labute approximate surface area is 230 Å². The summed E-state index contributed by atoms with van der Waals surface area (Å²) in [5.41, 5.74) is 1.47. The van der Waals surface area contributed by atoms with Crippen molar-refractivity contribution in [2.45, 2.75) is 31.2 Å². The number of carbonyl (C=O) groups is 1. The van der Waals surface area contributed by atoms with Crippen LogP contribution in [0.2, 0.25) is 5.02 Å². The van der Waals surface area contributed by atoms with Gasteiger partial charge in [0.2, 0.25) is 0 Å². The molecule has 10 heteroatoms. The number of rotatable bonds is 9. The molecule has 2 aliphatic rings. The van der Waals surface area contributed by atoms with Gasteiger partial charge in [-0.25, -0.2) is 9.37 Å². The molecule has 5 rings (SSSR count). The number of ether oxygens (including phenoxy) is 2. The minimum atomic E-state index is -0.889. The zero-order chi connectivity index (χ0) is 26.5. The van der Waals surface area contributed by atoms with Crippen LogP contribution >= 0.6 is 22.9 Å². The van der Waals surface area contributed by atoms with Crippen LogP contribution in [0.15, 0.2) is 48.7 Å². The van der Waals surface area contributed by atoms with E-state index in [0.717, 1.165) is 74.2 Å². The van der Waals surface area contributed by atoms with Crippen LogP contribution in [0.5, 0.6) is 5.75 Å². The summed E-state index contributed by atoms with van der Waals surface area (Å²) < 4.78 is 25.4. The second-order valence-electron chi connectivity index (χ2n) is 9.76. The molecule has 0 atom stereocenters. The van der Waals surface area contributed by atoms with E-state index in [0.29, 0.717) is 22.9 Å². The molecule has 1 aromatic heterocycles. The minimum absolute atomic E-state index is 0.0337. The predicted octanol–water partition coefficient (Wildman–Crippen LogP) is 5.37. The molecule has 202 valence electrons. The third-order valence-electron chi connectivity index (χ3n) is 7.43. The van der Waals surface area contributed by atoms with Gasteiger partial charge >= 0.3 is 5.97 Å². The number of carboxylic acids is 1. The SMILES string of the molecule is O=C(O)Cc1ccc(Cl)c(OCCC2(N3CCOCC3)CCN(c3ncc(-c4cccc(F)c4)s3)CC2)c1. The number of thiazole rings is 1. The summed E-state index contributed by atoms with van der Waals surface area (Å²) in [6, 6.07) is 11.7. The van der Waals surface area contributed by atoms with Crippen molar-refractivity contribution in [1.82, 2.24) is 9.88 Å². The molecule has 0 spiro atoms. The average Bonchev–Trinajstić information content (AvgIpc) is 3.42. The molecule has 0 aliphatic carbocycles. The summed E-state index contributed by atoms with van der Waals surface area (Å²) in [7, 11) is 0. The summed E-state index contributed by atoms with van der Waals surface area (Å²) in [6.07, 6.45) is 4.50. The van der Waals surface area contributed by atoms with Crippen LogP contribution in [-0.4, -0.2) is 72.5 Å². The highest BCUT2D eigenvalue weighted by Gasteiger charge is 2.40. The van der Waals surface area contributed by atoms with Crippen molar-refractivity contribution in [2.75, 3.05) is 50.9 Å². The van der Waals surface area contributed by atoms with E-state index in [2.05, 4.69) is 14.8 Å². The van der Waals surface area contributed by atoms with Crippen molar-refractivity contribution in [1.29, 1.82) is 0 Å². The van der Waals surface area contributed by atoms with Gasteiger partial charge in [0.1, 0.15) is 11.6 Å². The van der Waals surface area contributed by atoms with E-state index in [1.807, 2.05) is 12.3 Å². The fourth-order valence-corrected chi connectivity index (χ4v) is 6.49. The Bertz CT molecular complexity index is 1260. The van der Waals surface area contributed by atoms with Crippen molar-refractivity contribution in [3.63, 3.8) is 0 Å². The van der Waals surface area contributed by atoms with E-state index >= 15 is 0 Å². The fourth-order valence-electron chi connectivity index (χ4n) is 5.36. The van der Waals surface area contributed by atoms with Crippen LogP contribution in [0.1, 0.15) is 24.8 Å². The Balaban J connectivity index is 1.25. The van der Waals surface area contributed by atoms with Gasteiger partial charge < -0.3 is 19.5 Å². The number of aromatic nitrogens is 1. The van der Waals surface area contributed by atoms with Crippen LogP contribution < -0.4 is 9.64 Å². The summed E-state index contributed by atoms with van der Waals surface area (Å²) in [6.45, 7) is 5.42. The maximum absolute atomic E-state index is 13.7. The van der Waals surface area contributed by atoms with E-state index in [-0.39, 0.29) is 17.8 Å². The Morgan fingerprint density at radius 1 is 1.16 bits per heavy atom. The normalized spacial score (nSPS) is 17.9. The lowest BCUT2D eigenvalue weighted by Gasteiger charge is -2.50. The van der Waals surface area contributed by atoms with Crippen molar-refractivity contribution in [2.24, 2.45) is 0 Å². The van der Waals surface area contributed by atoms with Gasteiger partial charge in [0, 0.05) is 37.9 Å². The number of morpholine rings is 1. The van der Waals surface area contributed by atoms with Crippen LogP contribution in [0.25, 0.3) is 10.4 Å². The van der Waals surface area contributed by atoms with Gasteiger partial charge in [-0.15, -0.1) is 0 Å². The van der Waals surface area contributed by atoms with Crippen LogP contribution in [0.3, 0.4) is 0 Å². The number of piperidine rings is 1. The van der Waals surface area contributed by atoms with Gasteiger partial charge in [0.05, 0.1) is 36.1 Å². The number of halogens is 2. The van der Waals surface area contributed by atoms with Gasteiger partial charge in [0.15, 0.2) is 5.13 Å². The lowest BCUT2D eigenvalue weighted by molar-refractivity contribution is -0.136. The van der Waals surface area contributed by atoms with Gasteiger partial charge in [-0.1, -0.05) is 41.1 Å². The molecule has 3 aromatic rings. The zero-order valence-corrected chi connectivity index (χ0v) is 22.6. The molecular weight excluding hydrogens is 529 g/mol. The quantitative estimate of drug-likeness (QED) is 0.378. The van der Waals surface area contributed by atoms with Crippen molar-refractivity contribution >= 4 is 34.0 Å². The second-order valence-corrected chi connectivity index (χ2v) is 11.2. The smallest absolute Gasteiger partial charge is 0.307 e. The van der Waals surface area contributed by atoms with Gasteiger partial charge in [-0.2, -0.15) is 0 Å². The first kappa shape index (κ1) is 26.9. The minimum Gasteiger partial charge on any atom is -0.492 e. The molecule has 7 nitrogen and oxygen atoms in total. The van der Waals surface area contributed by atoms with Crippen LogP contribution in [0.4, 0.5) is 9.52 Å². The Kier molecular flexibility index (Phi) is 8.48. The molecule has 38 heavy (non-hydrogen) atoms. The number of hydrogen-bond acceptors (Lipinski definition) is 7. The Morgan fingerprint density at radius 2 is 1.95 bits per heavy atom. The molecule has 2 aliphatic heterocycles. The summed E-state index contributed by atoms with van der Waals surface area (Å²) in [4.78, 5) is 21.6. The van der Waals surface area contributed by atoms with E-state index < -0.39 is 5.97 Å². The molecule has 0 radical (unpaired) electrons. The number of anilines is 1. The summed E-state index contributed by atoms with van der Waals surface area (Å²) in [5, 5.41) is 10.5. The maximum Gasteiger partial charge on any atom is 0.307 e. The highest BCUT2D eigenvalue weighted by atomic mass is 35.5. The van der Waals surface area contributed by atoms with Crippen molar-refractivity contribution in [3.05, 3.63) is 65.1 Å². The number of hydrogen-bond donors (Lipinski definition) is 1. The molecule has 2 saturated heterocycles. The molecule has 2 aromatic carbocycles. The highest BCUT2D eigenvalue weighted by molar-refractivity contribution is 7.18. The molecule has 0 bridgehead atoms. The number of carboxylic acid groups (broad SMARTS) is 1. The monoisotopic (exact) mass is 559 g/mol. The van der Waals surface area contributed by atoms with Crippen molar-refractivity contribution in [3.8, 4) is 16.2 Å². The highest BCUT2D eigenvalue weighted by Crippen LogP contribution is 2.38. The number of aliphatic carboxylic acids is 1. The Hall–Kier alpha value is -2.72. The van der Waals surface area contributed by atoms with E-state index in [1.54, 1.807) is 41.7 Å². The second kappa shape index (κ2) is 12.0. The molecular formula is C28H31ClFN3O4S. The maximum atomic E-state index is 13.7. The number of nitrogens with zero attached hydrogens (tertiary/aromatic N) is 3. The molecule has 0 amide bonds. The van der Waals surface area contributed by atoms with Gasteiger partial charge in [-0.05, 0) is 54.7 Å². The fraction of sp³-hybridized carbons (Fsp3) is 0.429. The third kappa shape index (κ3) is 6.29. The largest absolute Gasteiger partial charge is 0.492 e. The topological polar surface area (TPSA) is 75.1 Å². The van der Waals surface area contributed by atoms with E-state index in [4.69, 9.17) is 26.2 Å². The standard InChI is InChI=1S/C28H31ClFN3O4S/c29-23-5-4-20(17-26(34)35)16-24(23)37-13-8-28(33-11-14-36-15-12-33)6-9-32(10-7-28)27-31-19-25(38-27)21-2-1-3-22(30)18-21/h1-5,16,18-19H,6-15,17H2,(H,34,35). The molecule has 0 unspecified atom stereocenters. The summed E-state index contributed by atoms with van der Waals surface area (Å²) >= 11 is 7.94. The van der Waals surface area contributed by atoms with Crippen LogP contribution in [-0.2, 0) is 16.0 Å². The lowest BCUT2D eigenvalue weighted by atomic mass is 9.82. The average molecular weight is 560 g/mol. The first-order chi connectivity index (χ1) is 18.4. The molecule has 3 heterocycles. The van der Waals surface area contributed by atoms with Crippen molar-refractivity contribution < 1.29 is 23.8 Å². The van der Waals surface area contributed by atoms with Crippen LogP contribution in [0, 0.1) is 5.82 Å². The number of benzene rings is 2.